The second kappa shape index (κ2) is 5.82. The number of nitrogens with two attached hydrogens (primary N) is 1. The molecule has 0 fully saturated rings. The van der Waals surface area contributed by atoms with Gasteiger partial charge in [0.25, 0.3) is 0 Å². The largest absolute Gasteiger partial charge is 0.330 e. The van der Waals surface area contributed by atoms with Crippen LogP contribution < -0.4 is 5.73 Å². The Morgan fingerprint density at radius 1 is 1.41 bits per heavy atom. The molecule has 0 aliphatic carbocycles. The topological polar surface area (TPSA) is 63.4 Å². The number of rotatable bonds is 5. The van der Waals surface area contributed by atoms with E-state index >= 15 is 0 Å². The molecule has 17 heavy (non-hydrogen) atoms. The van der Waals surface area contributed by atoms with Crippen LogP contribution in [-0.2, 0) is 10.0 Å². The van der Waals surface area contributed by atoms with Crippen molar-refractivity contribution in [1.29, 1.82) is 0 Å². The predicted octanol–water partition coefficient (Wildman–Crippen LogP) is 1.62. The van der Waals surface area contributed by atoms with E-state index in [1.54, 1.807) is 32.2 Å². The Kier molecular flexibility index (Phi) is 4.94. The van der Waals surface area contributed by atoms with E-state index in [2.05, 4.69) is 0 Å². The zero-order valence-corrected chi connectivity index (χ0v) is 11.6. The Morgan fingerprint density at radius 3 is 2.65 bits per heavy atom. The van der Waals surface area contributed by atoms with Gasteiger partial charge in [-0.25, -0.2) is 12.7 Å². The highest BCUT2D eigenvalue weighted by molar-refractivity contribution is 7.89. The van der Waals surface area contributed by atoms with Gasteiger partial charge < -0.3 is 5.73 Å². The van der Waals surface area contributed by atoms with E-state index in [1.807, 2.05) is 0 Å². The van der Waals surface area contributed by atoms with Crippen LogP contribution in [0.3, 0.4) is 0 Å². The quantitative estimate of drug-likeness (QED) is 0.889. The molecule has 0 aliphatic heterocycles. The van der Waals surface area contributed by atoms with Crippen LogP contribution in [0.1, 0.15) is 12.0 Å². The van der Waals surface area contributed by atoms with Gasteiger partial charge in [0.2, 0.25) is 10.0 Å². The Labute approximate surface area is 107 Å². The summed E-state index contributed by atoms with van der Waals surface area (Å²) in [6.45, 7) is 2.57. The first-order valence-corrected chi connectivity index (χ1v) is 7.14. The van der Waals surface area contributed by atoms with E-state index in [0.29, 0.717) is 30.1 Å². The standard InChI is InChI=1S/C11H17ClN2O2S/c1-9-10(12)5-3-6-11(9)17(15,16)14(2)8-4-7-13/h3,5-6H,4,7-8,13H2,1-2H3. The van der Waals surface area contributed by atoms with Gasteiger partial charge in [-0.15, -0.1) is 0 Å². The Hall–Kier alpha value is -0.620. The van der Waals surface area contributed by atoms with Gasteiger partial charge in [0.05, 0.1) is 4.90 Å². The third-order valence-corrected chi connectivity index (χ3v) is 4.99. The summed E-state index contributed by atoms with van der Waals surface area (Å²) in [5.41, 5.74) is 5.95. The van der Waals surface area contributed by atoms with Crippen LogP contribution in [0.15, 0.2) is 23.1 Å². The second-order valence-electron chi connectivity index (χ2n) is 3.83. The van der Waals surface area contributed by atoms with Gasteiger partial charge in [-0.3, -0.25) is 0 Å². The average molecular weight is 277 g/mol. The highest BCUT2D eigenvalue weighted by Crippen LogP contribution is 2.24. The van der Waals surface area contributed by atoms with Crippen LogP contribution in [0, 0.1) is 6.92 Å². The minimum absolute atomic E-state index is 0.254. The Morgan fingerprint density at radius 2 is 2.06 bits per heavy atom. The molecular formula is C11H17ClN2O2S. The smallest absolute Gasteiger partial charge is 0.243 e. The number of benzene rings is 1. The minimum Gasteiger partial charge on any atom is -0.330 e. The number of hydrogen-bond acceptors (Lipinski definition) is 3. The van der Waals surface area contributed by atoms with E-state index in [0.717, 1.165) is 0 Å². The first kappa shape index (κ1) is 14.4. The molecule has 0 bridgehead atoms. The van der Waals surface area contributed by atoms with Crippen LogP contribution in [0.2, 0.25) is 5.02 Å². The summed E-state index contributed by atoms with van der Waals surface area (Å²) in [7, 11) is -1.92. The summed E-state index contributed by atoms with van der Waals surface area (Å²) in [4.78, 5) is 0.254. The molecule has 96 valence electrons. The summed E-state index contributed by atoms with van der Waals surface area (Å²) in [6, 6.07) is 4.88. The fourth-order valence-electron chi connectivity index (χ4n) is 1.47. The maximum atomic E-state index is 12.2. The van der Waals surface area contributed by atoms with E-state index < -0.39 is 10.0 Å². The monoisotopic (exact) mass is 276 g/mol. The zero-order chi connectivity index (χ0) is 13.1. The van der Waals surface area contributed by atoms with Crippen molar-refractivity contribution in [3.63, 3.8) is 0 Å². The van der Waals surface area contributed by atoms with Gasteiger partial charge in [-0.1, -0.05) is 17.7 Å². The number of nitrogens with zero attached hydrogens (tertiary/aromatic N) is 1. The molecule has 0 saturated heterocycles. The molecule has 0 aliphatic rings. The van der Waals surface area contributed by atoms with Crippen LogP contribution in [0.25, 0.3) is 0 Å². The molecule has 2 N–H and O–H groups in total. The molecule has 6 heteroatoms. The minimum atomic E-state index is -3.47. The molecule has 1 aromatic rings. The summed E-state index contributed by atoms with van der Waals surface area (Å²) in [6.07, 6.45) is 0.634. The summed E-state index contributed by atoms with van der Waals surface area (Å²) in [5.74, 6) is 0. The first-order valence-electron chi connectivity index (χ1n) is 5.32. The van der Waals surface area contributed by atoms with Crippen molar-refractivity contribution in [3.8, 4) is 0 Å². The molecule has 4 nitrogen and oxygen atoms in total. The Bertz CT molecular complexity index is 488. The highest BCUT2D eigenvalue weighted by Gasteiger charge is 2.22. The van der Waals surface area contributed by atoms with Gasteiger partial charge >= 0.3 is 0 Å². The second-order valence-corrected chi connectivity index (χ2v) is 6.25. The summed E-state index contributed by atoms with van der Waals surface area (Å²) < 4.78 is 25.8. The molecule has 0 heterocycles. The molecule has 0 saturated carbocycles. The molecule has 0 aromatic heterocycles. The normalized spacial score (nSPS) is 12.1. The molecule has 0 spiro atoms. The third kappa shape index (κ3) is 3.19. The SMILES string of the molecule is Cc1c(Cl)cccc1S(=O)(=O)N(C)CCCN. The van der Waals surface area contributed by atoms with Crippen molar-refractivity contribution in [3.05, 3.63) is 28.8 Å². The summed E-state index contributed by atoms with van der Waals surface area (Å²) >= 11 is 5.93. The molecule has 0 unspecified atom stereocenters. The van der Waals surface area contributed by atoms with Gasteiger partial charge in [-0.2, -0.15) is 0 Å². The van der Waals surface area contributed by atoms with Crippen LogP contribution in [0.4, 0.5) is 0 Å². The average Bonchev–Trinajstić information content (AvgIpc) is 2.29. The summed E-state index contributed by atoms with van der Waals surface area (Å²) in [5, 5.41) is 0.457. The maximum Gasteiger partial charge on any atom is 0.243 e. The zero-order valence-electron chi connectivity index (χ0n) is 9.98. The van der Waals surface area contributed by atoms with Crippen LogP contribution in [0.5, 0.6) is 0 Å². The fraction of sp³-hybridized carbons (Fsp3) is 0.455. The van der Waals surface area contributed by atoms with Crippen molar-refractivity contribution in [2.45, 2.75) is 18.2 Å². The number of halogens is 1. The Balaban J connectivity index is 3.09. The predicted molar refractivity (Wildman–Crippen MR) is 69.7 cm³/mol. The molecule has 0 atom stereocenters. The number of hydrogen-bond donors (Lipinski definition) is 1. The van der Waals surface area contributed by atoms with Crippen molar-refractivity contribution >= 4 is 21.6 Å². The third-order valence-electron chi connectivity index (χ3n) is 2.58. The van der Waals surface area contributed by atoms with Gasteiger partial charge in [0.15, 0.2) is 0 Å². The van der Waals surface area contributed by atoms with E-state index in [4.69, 9.17) is 17.3 Å². The highest BCUT2D eigenvalue weighted by atomic mass is 35.5. The molecular weight excluding hydrogens is 260 g/mol. The molecule has 0 amide bonds. The fourth-order valence-corrected chi connectivity index (χ4v) is 3.15. The van der Waals surface area contributed by atoms with Crippen molar-refractivity contribution < 1.29 is 8.42 Å². The van der Waals surface area contributed by atoms with Gasteiger partial charge in [0.1, 0.15) is 0 Å². The lowest BCUT2D eigenvalue weighted by Gasteiger charge is -2.18. The lowest BCUT2D eigenvalue weighted by Crippen LogP contribution is -2.29. The van der Waals surface area contributed by atoms with Gasteiger partial charge in [0, 0.05) is 18.6 Å². The molecule has 1 aromatic carbocycles. The molecule has 0 radical (unpaired) electrons. The number of sulfonamides is 1. The van der Waals surface area contributed by atoms with E-state index in [-0.39, 0.29) is 4.90 Å². The van der Waals surface area contributed by atoms with Crippen molar-refractivity contribution in [2.75, 3.05) is 20.1 Å². The van der Waals surface area contributed by atoms with Crippen molar-refractivity contribution in [1.82, 2.24) is 4.31 Å². The molecule has 1 rings (SSSR count). The van der Waals surface area contributed by atoms with Crippen molar-refractivity contribution in [2.24, 2.45) is 5.73 Å². The lowest BCUT2D eigenvalue weighted by atomic mass is 10.2. The van der Waals surface area contributed by atoms with Crippen LogP contribution in [-0.4, -0.2) is 32.9 Å². The maximum absolute atomic E-state index is 12.2. The van der Waals surface area contributed by atoms with E-state index in [1.165, 1.54) is 4.31 Å². The van der Waals surface area contributed by atoms with E-state index in [9.17, 15) is 8.42 Å². The van der Waals surface area contributed by atoms with Crippen LogP contribution >= 0.6 is 11.6 Å². The lowest BCUT2D eigenvalue weighted by molar-refractivity contribution is 0.463. The first-order chi connectivity index (χ1) is 7.91. The van der Waals surface area contributed by atoms with Gasteiger partial charge in [-0.05, 0) is 37.6 Å².